The zero-order chi connectivity index (χ0) is 23.9. The highest BCUT2D eigenvalue weighted by Crippen LogP contribution is 2.42. The summed E-state index contributed by atoms with van der Waals surface area (Å²) in [7, 11) is 1.61. The quantitative estimate of drug-likeness (QED) is 0.203. The van der Waals surface area contributed by atoms with Crippen LogP contribution in [0.2, 0.25) is 0 Å². The van der Waals surface area contributed by atoms with Crippen LogP contribution >= 0.6 is 0 Å². The number of hydrogen-bond donors (Lipinski definition) is 7. The fraction of sp³-hybridized carbons (Fsp3) is 1.00. The van der Waals surface area contributed by atoms with Gasteiger partial charge in [0.05, 0.1) is 36.9 Å². The van der Waals surface area contributed by atoms with E-state index in [9.17, 15) is 35.7 Å². The molecule has 2 heterocycles. The first-order valence-corrected chi connectivity index (χ1v) is 12.0. The first-order valence-electron chi connectivity index (χ1n) is 12.0. The predicted octanol–water partition coefficient (Wildman–Crippen LogP) is -2.85. The zero-order valence-electron chi connectivity index (χ0n) is 18.8. The molecule has 192 valence electrons. The van der Waals surface area contributed by atoms with E-state index >= 15 is 0 Å². The van der Waals surface area contributed by atoms with Crippen LogP contribution in [0.15, 0.2) is 0 Å². The Bertz CT molecular complexity index is 635. The van der Waals surface area contributed by atoms with E-state index in [0.29, 0.717) is 38.5 Å². The molecule has 0 aromatic carbocycles. The van der Waals surface area contributed by atoms with Crippen molar-refractivity contribution < 1.29 is 54.7 Å². The second-order valence-corrected chi connectivity index (χ2v) is 10.1. The molecule has 0 aromatic heterocycles. The molecule has 33 heavy (non-hydrogen) atoms. The molecule has 2 aliphatic heterocycles. The summed E-state index contributed by atoms with van der Waals surface area (Å²) in [6, 6.07) is 0. The summed E-state index contributed by atoms with van der Waals surface area (Å²) in [5.74, 6) is -0.263. The lowest BCUT2D eigenvalue weighted by atomic mass is 9.72. The number of aliphatic hydroxyl groups excluding tert-OH is 7. The van der Waals surface area contributed by atoms with Gasteiger partial charge >= 0.3 is 0 Å². The maximum atomic E-state index is 10.8. The third-order valence-corrected chi connectivity index (χ3v) is 8.04. The van der Waals surface area contributed by atoms with Crippen LogP contribution in [0, 0.1) is 11.8 Å². The van der Waals surface area contributed by atoms with Gasteiger partial charge in [0, 0.05) is 25.9 Å². The Morgan fingerprint density at radius 1 is 0.848 bits per heavy atom. The van der Waals surface area contributed by atoms with Gasteiger partial charge in [0.25, 0.3) is 0 Å². The molecule has 2 saturated carbocycles. The van der Waals surface area contributed by atoms with E-state index in [1.165, 1.54) is 0 Å². The molecular formula is C22H39O11+. The van der Waals surface area contributed by atoms with E-state index in [0.717, 1.165) is 0 Å². The van der Waals surface area contributed by atoms with Crippen LogP contribution in [-0.2, 0) is 14.2 Å². The summed E-state index contributed by atoms with van der Waals surface area (Å²) in [5, 5.41) is 71.2. The molecule has 9 unspecified atom stereocenters. The lowest BCUT2D eigenvalue weighted by molar-refractivity contribution is -0.356. The van der Waals surface area contributed by atoms with Crippen LogP contribution in [0.4, 0.5) is 0 Å². The van der Waals surface area contributed by atoms with E-state index in [2.05, 4.69) is 0 Å². The molecule has 11 nitrogen and oxygen atoms in total. The van der Waals surface area contributed by atoms with Crippen molar-refractivity contribution in [3.8, 4) is 0 Å². The summed E-state index contributed by atoms with van der Waals surface area (Å²) in [6.45, 7) is -0.558. The van der Waals surface area contributed by atoms with Crippen molar-refractivity contribution in [1.82, 2.24) is 0 Å². The van der Waals surface area contributed by atoms with Crippen LogP contribution < -0.4 is 0 Å². The minimum Gasteiger partial charge on any atom is -0.427 e. The SMILES string of the molecule is COC1CC(O)C2CC(O[C@@H]3O[C@H](CO)[C@H](O)[C@H](O)[C@H]3O)C(C3CCC(O)C(O)C3)[OH+]C2C1. The van der Waals surface area contributed by atoms with E-state index in [-0.39, 0.29) is 30.1 Å². The highest BCUT2D eigenvalue weighted by Gasteiger charge is 2.54. The molecule has 0 aromatic rings. The molecule has 4 rings (SSSR count). The van der Waals surface area contributed by atoms with Gasteiger partial charge in [0.2, 0.25) is 0 Å². The van der Waals surface area contributed by atoms with Gasteiger partial charge in [-0.25, -0.2) is 0 Å². The summed E-state index contributed by atoms with van der Waals surface area (Å²) >= 11 is 0. The molecule has 11 heteroatoms. The summed E-state index contributed by atoms with van der Waals surface area (Å²) in [6.07, 6.45) is -7.48. The average Bonchev–Trinajstić information content (AvgIpc) is 2.81. The number of aliphatic hydroxyl groups is 9. The van der Waals surface area contributed by atoms with Gasteiger partial charge in [0.15, 0.2) is 18.5 Å². The second-order valence-electron chi connectivity index (χ2n) is 10.1. The Morgan fingerprint density at radius 2 is 1.61 bits per heavy atom. The normalized spacial score (nSPS) is 53.5. The van der Waals surface area contributed by atoms with Crippen molar-refractivity contribution in [2.24, 2.45) is 11.8 Å². The highest BCUT2D eigenvalue weighted by molar-refractivity contribution is 4.98. The van der Waals surface area contributed by atoms with Gasteiger partial charge in [-0.1, -0.05) is 0 Å². The minimum atomic E-state index is -1.55. The Morgan fingerprint density at radius 3 is 2.27 bits per heavy atom. The Hall–Kier alpha value is -0.440. The molecule has 2 aliphatic carbocycles. The van der Waals surface area contributed by atoms with E-state index < -0.39 is 61.7 Å². The third-order valence-electron chi connectivity index (χ3n) is 8.04. The molecule has 14 atom stereocenters. The van der Waals surface area contributed by atoms with Crippen LogP contribution in [0.5, 0.6) is 0 Å². The van der Waals surface area contributed by atoms with Gasteiger partial charge in [-0.2, -0.15) is 0 Å². The fourth-order valence-electron chi connectivity index (χ4n) is 6.03. The van der Waals surface area contributed by atoms with Crippen molar-refractivity contribution in [1.29, 1.82) is 0 Å². The molecular weight excluding hydrogens is 440 g/mol. The maximum Gasteiger partial charge on any atom is 0.187 e. The Labute approximate surface area is 192 Å². The molecule has 4 aliphatic rings. The second kappa shape index (κ2) is 10.7. The van der Waals surface area contributed by atoms with Crippen LogP contribution in [0.1, 0.15) is 38.5 Å². The Balaban J connectivity index is 1.54. The van der Waals surface area contributed by atoms with E-state index in [1.54, 1.807) is 7.11 Å². The van der Waals surface area contributed by atoms with Crippen molar-refractivity contribution in [3.05, 3.63) is 0 Å². The fourth-order valence-corrected chi connectivity index (χ4v) is 6.03. The third kappa shape index (κ3) is 5.24. The molecule has 2 saturated heterocycles. The molecule has 4 fully saturated rings. The van der Waals surface area contributed by atoms with Crippen LogP contribution in [0.25, 0.3) is 0 Å². The number of methoxy groups -OCH3 is 1. The molecule has 0 bridgehead atoms. The Kier molecular flexibility index (Phi) is 8.29. The summed E-state index contributed by atoms with van der Waals surface area (Å²) in [5.41, 5.74) is 0. The van der Waals surface area contributed by atoms with Crippen LogP contribution in [-0.4, -0.2) is 128 Å². The van der Waals surface area contributed by atoms with E-state index in [4.69, 9.17) is 18.9 Å². The smallest absolute Gasteiger partial charge is 0.187 e. The predicted molar refractivity (Wildman–Crippen MR) is 112 cm³/mol. The summed E-state index contributed by atoms with van der Waals surface area (Å²) < 4.78 is 22.2. The molecule has 0 spiro atoms. The number of hydrogen-bond acceptors (Lipinski definition) is 10. The highest BCUT2D eigenvalue weighted by atomic mass is 16.7. The van der Waals surface area contributed by atoms with Crippen molar-refractivity contribution in [2.45, 2.75) is 112 Å². The van der Waals surface area contributed by atoms with Gasteiger partial charge in [0.1, 0.15) is 30.5 Å². The van der Waals surface area contributed by atoms with Crippen molar-refractivity contribution in [2.75, 3.05) is 13.7 Å². The topological polar surface area (TPSA) is 182 Å². The number of rotatable bonds is 5. The van der Waals surface area contributed by atoms with Crippen molar-refractivity contribution in [3.63, 3.8) is 0 Å². The van der Waals surface area contributed by atoms with Crippen molar-refractivity contribution >= 4 is 0 Å². The molecule has 0 radical (unpaired) electrons. The summed E-state index contributed by atoms with van der Waals surface area (Å²) in [4.78, 5) is 0. The lowest BCUT2D eigenvalue weighted by Crippen LogP contribution is -2.63. The van der Waals surface area contributed by atoms with Gasteiger partial charge in [-0.3, -0.25) is 0 Å². The maximum absolute atomic E-state index is 10.8. The van der Waals surface area contributed by atoms with Crippen LogP contribution in [0.3, 0.4) is 0 Å². The first-order chi connectivity index (χ1) is 15.7. The monoisotopic (exact) mass is 479 g/mol. The lowest BCUT2D eigenvalue weighted by Gasteiger charge is -2.48. The van der Waals surface area contributed by atoms with Gasteiger partial charge < -0.3 is 54.7 Å². The van der Waals surface area contributed by atoms with Gasteiger partial charge in [-0.05, 0) is 25.7 Å². The molecule has 0 amide bonds. The standard InChI is InChI=1S/C22H38O11/c1-30-10-5-13(25)11-7-16(32-22-20(29)19(28)18(27)17(8-23)33-22)21(31-15(11)6-10)9-2-3-12(24)14(26)4-9/h9-29H,2-8H2,1H3/p+1/t9?,10?,11?,12?,13?,14?,15?,16?,17-,18+,19+,20-,21?,22-/m1/s1. The minimum absolute atomic E-state index is 0.0840. The number of fused-ring (bicyclic) bond motifs is 1. The largest absolute Gasteiger partial charge is 0.427 e. The number of ether oxygens (including phenoxy) is 4. The van der Waals surface area contributed by atoms with E-state index in [1.807, 2.05) is 0 Å². The zero-order valence-corrected chi connectivity index (χ0v) is 18.8. The first kappa shape index (κ1) is 25.6. The molecule has 8 N–H and O–H groups in total. The average molecular weight is 480 g/mol. The van der Waals surface area contributed by atoms with Gasteiger partial charge in [-0.15, -0.1) is 0 Å².